The summed E-state index contributed by atoms with van der Waals surface area (Å²) in [6, 6.07) is 13.6. The third-order valence-corrected chi connectivity index (χ3v) is 11.0. The maximum absolute atomic E-state index is 14.2. The van der Waals surface area contributed by atoms with Crippen molar-refractivity contribution >= 4 is 28.2 Å². The number of unbranched alkanes of at least 4 members (excludes halogenated alkanes) is 2. The number of nitrogens with one attached hydrogen (secondary N) is 1. The predicted octanol–water partition coefficient (Wildman–Crippen LogP) is 4.62. The Morgan fingerprint density at radius 2 is 1.19 bits per heavy atom. The van der Waals surface area contributed by atoms with Crippen molar-refractivity contribution in [2.75, 3.05) is 58.1 Å². The quantitative estimate of drug-likeness (QED) is 0.0175. The monoisotopic (exact) mass is 1080 g/mol. The van der Waals surface area contributed by atoms with Gasteiger partial charge in [-0.15, -0.1) is 0 Å². The summed E-state index contributed by atoms with van der Waals surface area (Å²) in [5.41, 5.74) is -0.290. The number of aromatic nitrogens is 4. The molecule has 0 saturated carbocycles. The standard InChI is InChI=1S/C41H57N9O23S/c1-41(2,27-68-40(52)66-22-9-7-12-30(73-50(59)60)26-70-48(55)56)28-15-17-31(18-16-28)74(61,62)46-35-34(71-33-14-5-4-13-32(33)63-3)38(45-37(44-35)36-42-19-10-20-43-36)64-23-24-67-39(51)65-21-8-6-11-29(72-49(57)58)25-69-47(53)54/h4-5,10,13-20,29-30,53-60H,6-9,11-12,21-27H2,1-3H3,(H,44,45,46). The Kier molecular flexibility index (Phi) is 25.0. The van der Waals surface area contributed by atoms with Gasteiger partial charge in [0.25, 0.3) is 15.9 Å². The van der Waals surface area contributed by atoms with E-state index in [1.807, 2.05) is 0 Å². The molecule has 4 rings (SSSR count). The molecule has 4 aromatic rings. The van der Waals surface area contributed by atoms with E-state index >= 15 is 0 Å². The fourth-order valence-corrected chi connectivity index (χ4v) is 7.12. The fraction of sp³-hybridized carbons (Fsp3) is 0.463. The number of hydrogen-bond acceptors (Lipinski definition) is 31. The highest BCUT2D eigenvalue weighted by atomic mass is 32.2. The van der Waals surface area contributed by atoms with Crippen LogP contribution in [0, 0.1) is 0 Å². The second-order valence-electron chi connectivity index (χ2n) is 15.6. The van der Waals surface area contributed by atoms with E-state index < -0.39 is 87.2 Å². The fourth-order valence-electron chi connectivity index (χ4n) is 6.12. The molecule has 9 N–H and O–H groups in total. The van der Waals surface area contributed by atoms with Gasteiger partial charge in [0.1, 0.15) is 45.2 Å². The number of sulfonamides is 1. The molecule has 74 heavy (non-hydrogen) atoms. The Labute approximate surface area is 421 Å². The average Bonchev–Trinajstić information content (AvgIpc) is 3.35. The minimum Gasteiger partial charge on any atom is -0.493 e. The molecular weight excluding hydrogens is 1020 g/mol. The third-order valence-electron chi connectivity index (χ3n) is 9.67. The first-order chi connectivity index (χ1) is 35.3. The summed E-state index contributed by atoms with van der Waals surface area (Å²) in [6.07, 6.45) is 0.0948. The second kappa shape index (κ2) is 30.8. The summed E-state index contributed by atoms with van der Waals surface area (Å²) < 4.78 is 69.0. The Morgan fingerprint density at radius 3 is 1.73 bits per heavy atom. The van der Waals surface area contributed by atoms with E-state index in [1.54, 1.807) is 32.0 Å². The number of hydrogen-bond donors (Lipinski definition) is 9. The van der Waals surface area contributed by atoms with Crippen LogP contribution in [0.2, 0.25) is 0 Å². The molecule has 2 unspecified atom stereocenters. The van der Waals surface area contributed by atoms with Crippen molar-refractivity contribution < 1.29 is 112 Å². The van der Waals surface area contributed by atoms with Gasteiger partial charge in [-0.1, -0.05) is 38.1 Å². The van der Waals surface area contributed by atoms with Gasteiger partial charge in [0, 0.05) is 17.8 Å². The molecule has 0 fully saturated rings. The molecular formula is C41H57N9O23S. The van der Waals surface area contributed by atoms with Gasteiger partial charge in [-0.3, -0.25) is 46.4 Å². The van der Waals surface area contributed by atoms with E-state index in [1.165, 1.54) is 55.9 Å². The Morgan fingerprint density at radius 1 is 0.649 bits per heavy atom. The third kappa shape index (κ3) is 21.6. The molecule has 2 aromatic carbocycles. The minimum atomic E-state index is -4.51. The van der Waals surface area contributed by atoms with Crippen LogP contribution in [0.25, 0.3) is 11.6 Å². The second-order valence-corrected chi connectivity index (χ2v) is 17.3. The lowest BCUT2D eigenvalue weighted by Gasteiger charge is -2.25. The average molecular weight is 1080 g/mol. The Hall–Kier alpha value is -6.35. The van der Waals surface area contributed by atoms with Gasteiger partial charge < -0.3 is 33.2 Å². The molecule has 0 bridgehead atoms. The zero-order valence-corrected chi connectivity index (χ0v) is 40.7. The van der Waals surface area contributed by atoms with Crippen LogP contribution in [0.5, 0.6) is 23.1 Å². The molecule has 0 spiro atoms. The van der Waals surface area contributed by atoms with Gasteiger partial charge in [0.05, 0.1) is 46.8 Å². The first-order valence-electron chi connectivity index (χ1n) is 21.9. The van der Waals surface area contributed by atoms with E-state index in [0.29, 0.717) is 18.4 Å². The van der Waals surface area contributed by atoms with Gasteiger partial charge in [0.2, 0.25) is 11.6 Å². The molecule has 0 saturated heterocycles. The highest BCUT2D eigenvalue weighted by Gasteiger charge is 2.28. The first-order valence-corrected chi connectivity index (χ1v) is 23.4. The van der Waals surface area contributed by atoms with Crippen molar-refractivity contribution in [2.45, 2.75) is 74.9 Å². The van der Waals surface area contributed by atoms with Gasteiger partial charge in [-0.25, -0.2) is 52.3 Å². The minimum absolute atomic E-state index is 0.0393. The van der Waals surface area contributed by atoms with Crippen molar-refractivity contribution in [3.63, 3.8) is 0 Å². The molecule has 0 aliphatic rings. The molecule has 410 valence electrons. The smallest absolute Gasteiger partial charge is 0.493 e. The lowest BCUT2D eigenvalue weighted by molar-refractivity contribution is -0.527. The lowest BCUT2D eigenvalue weighted by Crippen LogP contribution is -2.31. The zero-order chi connectivity index (χ0) is 54.1. The van der Waals surface area contributed by atoms with Crippen molar-refractivity contribution in [1.29, 1.82) is 0 Å². The molecule has 0 aliphatic carbocycles. The normalized spacial score (nSPS) is 12.7. The van der Waals surface area contributed by atoms with Crippen LogP contribution < -0.4 is 18.9 Å². The highest BCUT2D eigenvalue weighted by Crippen LogP contribution is 2.41. The number of para-hydroxylation sites is 2. The number of benzene rings is 2. The number of rotatable bonds is 34. The predicted molar refractivity (Wildman–Crippen MR) is 237 cm³/mol. The zero-order valence-electron chi connectivity index (χ0n) is 39.9. The van der Waals surface area contributed by atoms with Gasteiger partial charge >= 0.3 is 12.3 Å². The maximum Gasteiger partial charge on any atom is 0.508 e. The molecule has 33 heteroatoms. The van der Waals surface area contributed by atoms with E-state index in [9.17, 15) is 18.0 Å². The number of methoxy groups -OCH3 is 1. The summed E-state index contributed by atoms with van der Waals surface area (Å²) in [5.74, 6) is -1.06. The maximum atomic E-state index is 14.2. The van der Waals surface area contributed by atoms with Crippen molar-refractivity contribution in [3.05, 3.63) is 72.6 Å². The van der Waals surface area contributed by atoms with Gasteiger partial charge in [-0.2, -0.15) is 4.98 Å². The molecule has 2 aromatic heterocycles. The SMILES string of the molecule is COc1ccccc1Oc1c(NS(=O)(=O)c2ccc(C(C)(C)COC(=O)OCCCCC(CON(O)O)ON(O)O)cc2)nc(-c2ncccn2)nc1OCCOC(=O)OCCCCC(CON(O)O)ON(O)O. The summed E-state index contributed by atoms with van der Waals surface area (Å²) in [4.78, 5) is 59.9. The van der Waals surface area contributed by atoms with Crippen molar-refractivity contribution in [3.8, 4) is 34.8 Å². The molecule has 32 nitrogen and oxygen atoms in total. The molecule has 0 aliphatic heterocycles. The van der Waals surface area contributed by atoms with Crippen molar-refractivity contribution in [1.82, 2.24) is 41.5 Å². The van der Waals surface area contributed by atoms with Crippen LogP contribution in [0.4, 0.5) is 15.4 Å². The van der Waals surface area contributed by atoms with Gasteiger partial charge in [-0.05, 0) is 74.4 Å². The number of nitrogens with zero attached hydrogens (tertiary/aromatic N) is 8. The van der Waals surface area contributed by atoms with Crippen LogP contribution in [-0.4, -0.2) is 169 Å². The topological polar surface area (TPSA) is 408 Å². The number of carbonyl (C=O) groups is 2. The molecule has 0 amide bonds. The number of carbonyl (C=O) groups excluding carboxylic acids is 2. The van der Waals surface area contributed by atoms with Crippen LogP contribution in [0.1, 0.15) is 57.9 Å². The summed E-state index contributed by atoms with van der Waals surface area (Å²) in [6.45, 7) is 1.36. The van der Waals surface area contributed by atoms with Crippen LogP contribution in [0.15, 0.2) is 71.9 Å². The summed E-state index contributed by atoms with van der Waals surface area (Å²) in [7, 11) is -3.13. The Balaban J connectivity index is 1.44. The van der Waals surface area contributed by atoms with E-state index in [0.717, 1.165) is 0 Å². The largest absolute Gasteiger partial charge is 0.508 e. The van der Waals surface area contributed by atoms with E-state index in [2.05, 4.69) is 44.0 Å². The first kappa shape index (κ1) is 60.2. The van der Waals surface area contributed by atoms with Crippen LogP contribution >= 0.6 is 0 Å². The number of ether oxygens (including phenoxy) is 7. The van der Waals surface area contributed by atoms with E-state index in [-0.39, 0.29) is 91.8 Å². The van der Waals surface area contributed by atoms with Gasteiger partial charge in [0.15, 0.2) is 23.1 Å². The van der Waals surface area contributed by atoms with E-state index in [4.69, 9.17) is 74.8 Å². The summed E-state index contributed by atoms with van der Waals surface area (Å²) >= 11 is 0. The highest BCUT2D eigenvalue weighted by molar-refractivity contribution is 7.92. The molecule has 2 heterocycles. The lowest BCUT2D eigenvalue weighted by atomic mass is 9.86. The van der Waals surface area contributed by atoms with Crippen molar-refractivity contribution in [2.24, 2.45) is 0 Å². The molecule has 0 radical (unpaired) electrons. The van der Waals surface area contributed by atoms with Crippen LogP contribution in [0.3, 0.4) is 0 Å². The number of anilines is 1. The Bertz CT molecular complexity index is 2410. The molecule has 2 atom stereocenters. The van der Waals surface area contributed by atoms with Crippen LogP contribution in [-0.2, 0) is 53.7 Å². The summed E-state index contributed by atoms with van der Waals surface area (Å²) in [5, 5.41) is 68.2.